The molecular formula is C21H22F4N4O3S. The van der Waals surface area contributed by atoms with Crippen molar-refractivity contribution < 1.29 is 30.8 Å². The number of sulfonamides is 1. The fourth-order valence-electron chi connectivity index (χ4n) is 3.29. The van der Waals surface area contributed by atoms with E-state index in [1.165, 1.54) is 30.4 Å². The topological polar surface area (TPSA) is 91.4 Å². The lowest BCUT2D eigenvalue weighted by Crippen LogP contribution is -2.22. The Morgan fingerprint density at radius 3 is 2.48 bits per heavy atom. The van der Waals surface area contributed by atoms with E-state index in [0.29, 0.717) is 24.2 Å². The fraction of sp³-hybridized carbons (Fsp3) is 0.333. The maximum atomic E-state index is 14.0. The second-order valence-electron chi connectivity index (χ2n) is 7.54. The maximum absolute atomic E-state index is 14.0. The van der Waals surface area contributed by atoms with E-state index < -0.39 is 33.6 Å². The van der Waals surface area contributed by atoms with E-state index in [1.54, 1.807) is 4.90 Å². The second-order valence-corrected chi connectivity index (χ2v) is 9.29. The molecule has 33 heavy (non-hydrogen) atoms. The lowest BCUT2D eigenvalue weighted by Gasteiger charge is -2.20. The fourth-order valence-corrected chi connectivity index (χ4v) is 3.86. The van der Waals surface area contributed by atoms with Gasteiger partial charge in [0.1, 0.15) is 17.3 Å². The van der Waals surface area contributed by atoms with Crippen LogP contribution in [0.4, 0.5) is 29.1 Å². The lowest BCUT2D eigenvalue weighted by molar-refractivity contribution is -0.141. The van der Waals surface area contributed by atoms with Crippen molar-refractivity contribution in [2.75, 3.05) is 29.0 Å². The van der Waals surface area contributed by atoms with E-state index in [9.17, 15) is 30.8 Å². The van der Waals surface area contributed by atoms with Gasteiger partial charge in [-0.3, -0.25) is 9.52 Å². The summed E-state index contributed by atoms with van der Waals surface area (Å²) in [6.45, 7) is 1.12. The largest absolute Gasteiger partial charge is 0.433 e. The Morgan fingerprint density at radius 1 is 1.18 bits per heavy atom. The van der Waals surface area contributed by atoms with Gasteiger partial charge in [-0.1, -0.05) is 6.07 Å². The van der Waals surface area contributed by atoms with Gasteiger partial charge in [-0.05, 0) is 48.7 Å². The normalized spacial score (nSPS) is 14.6. The number of aromatic nitrogens is 1. The van der Waals surface area contributed by atoms with Crippen LogP contribution in [-0.4, -0.2) is 38.7 Å². The van der Waals surface area contributed by atoms with Crippen LogP contribution in [0.5, 0.6) is 0 Å². The van der Waals surface area contributed by atoms with Crippen molar-refractivity contribution in [1.29, 1.82) is 0 Å². The van der Waals surface area contributed by atoms with Crippen molar-refractivity contribution in [3.05, 3.63) is 59.0 Å². The van der Waals surface area contributed by atoms with Crippen molar-refractivity contribution in [3.63, 3.8) is 0 Å². The van der Waals surface area contributed by atoms with Gasteiger partial charge in [0, 0.05) is 31.3 Å². The first-order chi connectivity index (χ1) is 15.4. The summed E-state index contributed by atoms with van der Waals surface area (Å²) < 4.78 is 77.7. The molecule has 1 aliphatic rings. The standard InChI is InChI=1S/C21H22F4N4O3S/c1-33(31,32)28-17-7-4-14(12-16(17)22)13-26-19(30)9-6-15-5-8-18(21(23,24)25)27-20(15)29-10-2-3-11-29/h4-9,12,28H,2-3,10-11,13H2,1H3,(H,26,30)/b9-6+. The third-order valence-electron chi connectivity index (χ3n) is 4.81. The van der Waals surface area contributed by atoms with Crippen LogP contribution in [-0.2, 0) is 27.5 Å². The molecule has 0 saturated carbocycles. The number of nitrogens with one attached hydrogen (secondary N) is 2. The number of rotatable bonds is 7. The van der Waals surface area contributed by atoms with E-state index >= 15 is 0 Å². The van der Waals surface area contributed by atoms with E-state index in [1.807, 2.05) is 4.72 Å². The molecule has 1 aromatic carbocycles. The Morgan fingerprint density at radius 2 is 1.88 bits per heavy atom. The molecule has 178 valence electrons. The predicted molar refractivity (Wildman–Crippen MR) is 116 cm³/mol. The molecule has 1 aliphatic heterocycles. The van der Waals surface area contributed by atoms with Crippen molar-refractivity contribution >= 4 is 33.5 Å². The predicted octanol–water partition coefficient (Wildman–Crippen LogP) is 3.54. The zero-order valence-electron chi connectivity index (χ0n) is 17.6. The lowest BCUT2D eigenvalue weighted by atomic mass is 10.2. The minimum absolute atomic E-state index is 0.0382. The van der Waals surface area contributed by atoms with Gasteiger partial charge in [0.2, 0.25) is 15.9 Å². The van der Waals surface area contributed by atoms with Crippen molar-refractivity contribution in [2.45, 2.75) is 25.6 Å². The van der Waals surface area contributed by atoms with Gasteiger partial charge in [-0.25, -0.2) is 17.8 Å². The summed E-state index contributed by atoms with van der Waals surface area (Å²) >= 11 is 0. The van der Waals surface area contributed by atoms with E-state index in [0.717, 1.165) is 31.2 Å². The van der Waals surface area contributed by atoms with Gasteiger partial charge in [-0.2, -0.15) is 13.2 Å². The highest BCUT2D eigenvalue weighted by Gasteiger charge is 2.33. The smallest absolute Gasteiger partial charge is 0.356 e. The molecule has 2 aromatic rings. The number of pyridine rings is 1. The highest BCUT2D eigenvalue weighted by atomic mass is 32.2. The number of nitrogens with zero attached hydrogens (tertiary/aromatic N) is 2. The number of carbonyl (C=O) groups is 1. The Labute approximate surface area is 188 Å². The summed E-state index contributed by atoms with van der Waals surface area (Å²) in [7, 11) is -3.63. The molecular weight excluding hydrogens is 464 g/mol. The first-order valence-corrected chi connectivity index (χ1v) is 11.9. The van der Waals surface area contributed by atoms with E-state index in [4.69, 9.17) is 0 Å². The Bertz CT molecular complexity index is 1160. The summed E-state index contributed by atoms with van der Waals surface area (Å²) in [5.41, 5.74) is -0.442. The molecule has 12 heteroatoms. The number of benzene rings is 1. The Balaban J connectivity index is 1.68. The van der Waals surface area contributed by atoms with E-state index in [-0.39, 0.29) is 18.1 Å². The van der Waals surface area contributed by atoms with E-state index in [2.05, 4.69) is 10.3 Å². The Kier molecular flexibility index (Phi) is 7.25. The summed E-state index contributed by atoms with van der Waals surface area (Å²) in [5, 5.41) is 2.54. The van der Waals surface area contributed by atoms with Crippen LogP contribution in [0.3, 0.4) is 0 Å². The number of amides is 1. The van der Waals surface area contributed by atoms with Crippen molar-refractivity contribution in [2.24, 2.45) is 0 Å². The van der Waals surface area contributed by atoms with Gasteiger partial charge >= 0.3 is 6.18 Å². The molecule has 2 N–H and O–H groups in total. The monoisotopic (exact) mass is 486 g/mol. The summed E-state index contributed by atoms with van der Waals surface area (Å²) in [4.78, 5) is 17.7. The number of alkyl halides is 3. The van der Waals surface area contributed by atoms with Gasteiger partial charge < -0.3 is 10.2 Å². The SMILES string of the molecule is CS(=O)(=O)Nc1ccc(CNC(=O)/C=C/c2ccc(C(F)(F)F)nc2N2CCCC2)cc1F. The minimum atomic E-state index is -4.57. The molecule has 0 bridgehead atoms. The molecule has 2 heterocycles. The molecule has 0 unspecified atom stereocenters. The van der Waals surface area contributed by atoms with Crippen molar-refractivity contribution in [1.82, 2.24) is 10.3 Å². The van der Waals surface area contributed by atoms with Crippen LogP contribution in [0.2, 0.25) is 0 Å². The molecule has 0 atom stereocenters. The number of anilines is 2. The molecule has 1 fully saturated rings. The summed E-state index contributed by atoms with van der Waals surface area (Å²) in [5.74, 6) is -1.17. The molecule has 1 aromatic heterocycles. The molecule has 1 amide bonds. The third kappa shape index (κ3) is 6.91. The summed E-state index contributed by atoms with van der Waals surface area (Å²) in [6, 6.07) is 5.92. The van der Waals surface area contributed by atoms with Crippen LogP contribution >= 0.6 is 0 Å². The molecule has 3 rings (SSSR count). The van der Waals surface area contributed by atoms with Crippen LogP contribution < -0.4 is 14.9 Å². The van der Waals surface area contributed by atoms with Gasteiger partial charge in [0.15, 0.2) is 0 Å². The average molecular weight is 486 g/mol. The Hall–Kier alpha value is -3.15. The van der Waals surface area contributed by atoms with Crippen LogP contribution in [0.15, 0.2) is 36.4 Å². The number of hydrogen-bond acceptors (Lipinski definition) is 5. The molecule has 0 aliphatic carbocycles. The highest BCUT2D eigenvalue weighted by molar-refractivity contribution is 7.92. The van der Waals surface area contributed by atoms with Crippen LogP contribution in [0.25, 0.3) is 6.08 Å². The number of carbonyl (C=O) groups excluding carboxylic acids is 1. The number of halogens is 4. The quantitative estimate of drug-likeness (QED) is 0.462. The van der Waals surface area contributed by atoms with Crippen LogP contribution in [0, 0.1) is 5.82 Å². The molecule has 0 spiro atoms. The number of hydrogen-bond donors (Lipinski definition) is 2. The third-order valence-corrected chi connectivity index (χ3v) is 5.40. The van der Waals surface area contributed by atoms with Gasteiger partial charge in [0.05, 0.1) is 11.9 Å². The minimum Gasteiger partial charge on any atom is -0.356 e. The summed E-state index contributed by atoms with van der Waals surface area (Å²) in [6.07, 6.45) is 0.562. The zero-order valence-corrected chi connectivity index (χ0v) is 18.4. The van der Waals surface area contributed by atoms with Crippen LogP contribution in [0.1, 0.15) is 29.7 Å². The first-order valence-electron chi connectivity index (χ1n) is 9.98. The second kappa shape index (κ2) is 9.77. The molecule has 7 nitrogen and oxygen atoms in total. The highest BCUT2D eigenvalue weighted by Crippen LogP contribution is 2.32. The molecule has 0 radical (unpaired) electrons. The van der Waals surface area contributed by atoms with Gasteiger partial charge in [0.25, 0.3) is 0 Å². The average Bonchev–Trinajstić information content (AvgIpc) is 3.25. The zero-order chi connectivity index (χ0) is 24.2. The maximum Gasteiger partial charge on any atom is 0.433 e. The van der Waals surface area contributed by atoms with Crippen molar-refractivity contribution in [3.8, 4) is 0 Å². The van der Waals surface area contributed by atoms with Gasteiger partial charge in [-0.15, -0.1) is 0 Å². The molecule has 1 saturated heterocycles. The first kappa shape index (κ1) is 24.5.